The Bertz CT molecular complexity index is 631. The molecule has 1 saturated carbocycles. The molecule has 0 aliphatic heterocycles. The third kappa shape index (κ3) is 7.53. The maximum atomic E-state index is 12.3. The Morgan fingerprint density at radius 1 is 1.04 bits per heavy atom. The molecule has 2 N–H and O–H groups in total. The summed E-state index contributed by atoms with van der Waals surface area (Å²) in [6.45, 7) is 4.02. The van der Waals surface area contributed by atoms with Crippen molar-refractivity contribution in [2.24, 2.45) is 11.0 Å². The standard InChI is InChI=1S/C22H33N3O2/c1-3-4-5-9-12-21(26)25-24-17(2)18-13-15-20(16-14-18)23-22(27)19-10-7-6-8-11-19/h13-16,19H,3-12H2,1-2H3,(H,23,27)(H,25,26). The minimum Gasteiger partial charge on any atom is -0.326 e. The van der Waals surface area contributed by atoms with Crippen molar-refractivity contribution in [1.82, 2.24) is 5.43 Å². The number of anilines is 1. The van der Waals surface area contributed by atoms with Crippen LogP contribution >= 0.6 is 0 Å². The number of nitrogens with zero attached hydrogens (tertiary/aromatic N) is 1. The zero-order chi connectivity index (χ0) is 19.5. The molecule has 5 heteroatoms. The topological polar surface area (TPSA) is 70.6 Å². The highest BCUT2D eigenvalue weighted by Gasteiger charge is 2.20. The Hall–Kier alpha value is -2.17. The zero-order valence-electron chi connectivity index (χ0n) is 16.7. The van der Waals surface area contributed by atoms with Crippen molar-refractivity contribution in [3.8, 4) is 0 Å². The Morgan fingerprint density at radius 2 is 1.74 bits per heavy atom. The van der Waals surface area contributed by atoms with Crippen molar-refractivity contribution in [2.75, 3.05) is 5.32 Å². The predicted molar refractivity (Wildman–Crippen MR) is 111 cm³/mol. The fraction of sp³-hybridized carbons (Fsp3) is 0.591. The molecule has 1 aliphatic carbocycles. The van der Waals surface area contributed by atoms with Gasteiger partial charge in [-0.05, 0) is 43.9 Å². The minimum atomic E-state index is -0.0400. The van der Waals surface area contributed by atoms with Gasteiger partial charge in [0.25, 0.3) is 0 Å². The second-order valence-electron chi connectivity index (χ2n) is 7.44. The lowest BCUT2D eigenvalue weighted by Gasteiger charge is -2.20. The van der Waals surface area contributed by atoms with E-state index in [1.807, 2.05) is 31.2 Å². The fourth-order valence-corrected chi connectivity index (χ4v) is 3.38. The molecule has 0 saturated heterocycles. The molecule has 148 valence electrons. The first-order chi connectivity index (χ1) is 13.1. The molecular formula is C22H33N3O2. The summed E-state index contributed by atoms with van der Waals surface area (Å²) in [5.41, 5.74) is 5.11. The van der Waals surface area contributed by atoms with Gasteiger partial charge in [-0.25, -0.2) is 5.43 Å². The van der Waals surface area contributed by atoms with Crippen molar-refractivity contribution in [1.29, 1.82) is 0 Å². The number of unbranched alkanes of at least 4 members (excludes halogenated alkanes) is 3. The molecule has 0 unspecified atom stereocenters. The van der Waals surface area contributed by atoms with Gasteiger partial charge in [0.1, 0.15) is 0 Å². The molecule has 0 spiro atoms. The third-order valence-corrected chi connectivity index (χ3v) is 5.15. The molecule has 0 radical (unpaired) electrons. The van der Waals surface area contributed by atoms with Crippen molar-refractivity contribution in [3.63, 3.8) is 0 Å². The first kappa shape index (κ1) is 21.1. The Kier molecular flexibility index (Phi) is 9.02. The molecular weight excluding hydrogens is 338 g/mol. The Morgan fingerprint density at radius 3 is 2.41 bits per heavy atom. The van der Waals surface area contributed by atoms with E-state index >= 15 is 0 Å². The van der Waals surface area contributed by atoms with Gasteiger partial charge in [0.15, 0.2) is 0 Å². The number of rotatable bonds is 9. The van der Waals surface area contributed by atoms with Crippen LogP contribution in [-0.2, 0) is 9.59 Å². The number of benzene rings is 1. The summed E-state index contributed by atoms with van der Waals surface area (Å²) in [6.07, 6.45) is 10.4. The van der Waals surface area contributed by atoms with Crippen LogP contribution in [0.5, 0.6) is 0 Å². The van der Waals surface area contributed by atoms with Gasteiger partial charge in [0.2, 0.25) is 11.8 Å². The number of hydrogen-bond acceptors (Lipinski definition) is 3. The lowest BCUT2D eigenvalue weighted by molar-refractivity contribution is -0.121. The molecule has 27 heavy (non-hydrogen) atoms. The van der Waals surface area contributed by atoms with Crippen LogP contribution in [0, 0.1) is 5.92 Å². The first-order valence-electron chi connectivity index (χ1n) is 10.3. The van der Waals surface area contributed by atoms with Crippen molar-refractivity contribution < 1.29 is 9.59 Å². The molecule has 0 aromatic heterocycles. The molecule has 2 rings (SSSR count). The maximum absolute atomic E-state index is 12.3. The van der Waals surface area contributed by atoms with Crippen LogP contribution in [-0.4, -0.2) is 17.5 Å². The minimum absolute atomic E-state index is 0.0400. The zero-order valence-corrected chi connectivity index (χ0v) is 16.7. The molecule has 0 bridgehead atoms. The van der Waals surface area contributed by atoms with Crippen LogP contribution in [0.15, 0.2) is 29.4 Å². The van der Waals surface area contributed by atoms with E-state index in [1.165, 1.54) is 12.8 Å². The predicted octanol–water partition coefficient (Wildman–Crippen LogP) is 5.02. The average Bonchev–Trinajstić information content (AvgIpc) is 2.70. The molecule has 2 amide bonds. The molecule has 1 fully saturated rings. The first-order valence-corrected chi connectivity index (χ1v) is 10.3. The maximum Gasteiger partial charge on any atom is 0.240 e. The van der Waals surface area contributed by atoms with Crippen LogP contribution in [0.25, 0.3) is 0 Å². The van der Waals surface area contributed by atoms with Gasteiger partial charge in [-0.3, -0.25) is 9.59 Å². The van der Waals surface area contributed by atoms with Gasteiger partial charge in [-0.1, -0.05) is 57.6 Å². The molecule has 0 heterocycles. The summed E-state index contributed by atoms with van der Waals surface area (Å²) in [5, 5.41) is 7.20. The molecule has 1 aromatic rings. The van der Waals surface area contributed by atoms with Gasteiger partial charge in [0, 0.05) is 18.0 Å². The van der Waals surface area contributed by atoms with E-state index in [0.717, 1.165) is 61.9 Å². The van der Waals surface area contributed by atoms with Crippen LogP contribution < -0.4 is 10.7 Å². The summed E-state index contributed by atoms with van der Waals surface area (Å²) in [6, 6.07) is 7.62. The summed E-state index contributed by atoms with van der Waals surface area (Å²) < 4.78 is 0. The Balaban J connectivity index is 1.80. The van der Waals surface area contributed by atoms with Crippen molar-refractivity contribution in [2.45, 2.75) is 78.1 Å². The monoisotopic (exact) mass is 371 g/mol. The van der Waals surface area contributed by atoms with Gasteiger partial charge >= 0.3 is 0 Å². The van der Waals surface area contributed by atoms with E-state index in [0.29, 0.717) is 6.42 Å². The number of hydrogen-bond donors (Lipinski definition) is 2. The van der Waals surface area contributed by atoms with E-state index in [1.54, 1.807) is 0 Å². The lowest BCUT2D eigenvalue weighted by atomic mass is 9.88. The summed E-state index contributed by atoms with van der Waals surface area (Å²) >= 11 is 0. The number of nitrogens with one attached hydrogen (secondary N) is 2. The normalized spacial score (nSPS) is 15.4. The van der Waals surface area contributed by atoms with E-state index in [9.17, 15) is 9.59 Å². The second kappa shape index (κ2) is 11.5. The van der Waals surface area contributed by atoms with Gasteiger partial charge in [0.05, 0.1) is 5.71 Å². The number of carbonyl (C=O) groups is 2. The van der Waals surface area contributed by atoms with Gasteiger partial charge in [-0.2, -0.15) is 5.10 Å². The SMILES string of the molecule is CCCCCCC(=O)NN=C(C)c1ccc(NC(=O)C2CCCCC2)cc1. The molecule has 1 aliphatic rings. The molecule has 1 aromatic carbocycles. The van der Waals surface area contributed by atoms with Crippen molar-refractivity contribution in [3.05, 3.63) is 29.8 Å². The van der Waals surface area contributed by atoms with E-state index in [4.69, 9.17) is 0 Å². The molecule has 5 nitrogen and oxygen atoms in total. The summed E-state index contributed by atoms with van der Waals surface area (Å²) in [7, 11) is 0. The van der Waals surface area contributed by atoms with Crippen LogP contribution in [0.2, 0.25) is 0 Å². The third-order valence-electron chi connectivity index (χ3n) is 5.15. The van der Waals surface area contributed by atoms with E-state index in [2.05, 4.69) is 22.8 Å². The quantitative estimate of drug-likeness (QED) is 0.364. The van der Waals surface area contributed by atoms with Gasteiger partial charge < -0.3 is 5.32 Å². The van der Waals surface area contributed by atoms with Crippen LogP contribution in [0.4, 0.5) is 5.69 Å². The Labute approximate surface area is 163 Å². The van der Waals surface area contributed by atoms with Crippen LogP contribution in [0.3, 0.4) is 0 Å². The smallest absolute Gasteiger partial charge is 0.240 e. The van der Waals surface area contributed by atoms with E-state index in [-0.39, 0.29) is 17.7 Å². The number of amides is 2. The highest BCUT2D eigenvalue weighted by atomic mass is 16.2. The summed E-state index contributed by atoms with van der Waals surface area (Å²) in [5.74, 6) is 0.235. The highest BCUT2D eigenvalue weighted by Crippen LogP contribution is 2.25. The molecule has 0 atom stereocenters. The van der Waals surface area contributed by atoms with Gasteiger partial charge in [-0.15, -0.1) is 0 Å². The highest BCUT2D eigenvalue weighted by molar-refractivity contribution is 6.00. The number of carbonyl (C=O) groups excluding carboxylic acids is 2. The second-order valence-corrected chi connectivity index (χ2v) is 7.44. The van der Waals surface area contributed by atoms with E-state index < -0.39 is 0 Å². The van der Waals surface area contributed by atoms with Crippen LogP contribution in [0.1, 0.15) is 83.6 Å². The van der Waals surface area contributed by atoms with Crippen molar-refractivity contribution >= 4 is 23.2 Å². The number of hydrazone groups is 1. The summed E-state index contributed by atoms with van der Waals surface area (Å²) in [4.78, 5) is 24.1. The lowest BCUT2D eigenvalue weighted by Crippen LogP contribution is -2.24. The fourth-order valence-electron chi connectivity index (χ4n) is 3.38. The average molecular weight is 372 g/mol. The largest absolute Gasteiger partial charge is 0.326 e.